The Labute approximate surface area is 107 Å². The van der Waals surface area contributed by atoms with Crippen LogP contribution >= 0.6 is 11.6 Å². The number of hydrogen-bond acceptors (Lipinski definition) is 2. The van der Waals surface area contributed by atoms with Crippen molar-refractivity contribution >= 4 is 11.6 Å². The largest absolute Gasteiger partial charge is 0.384 e. The van der Waals surface area contributed by atoms with Gasteiger partial charge in [0.1, 0.15) is 5.60 Å². The number of nitrogens with zero attached hydrogens (tertiary/aromatic N) is 2. The van der Waals surface area contributed by atoms with Gasteiger partial charge in [-0.3, -0.25) is 4.68 Å². The number of hydrogen-bond donors (Lipinski definition) is 1. The van der Waals surface area contributed by atoms with Crippen molar-refractivity contribution in [1.82, 2.24) is 9.78 Å². The molecule has 1 aromatic rings. The summed E-state index contributed by atoms with van der Waals surface area (Å²) in [6, 6.07) is 0. The van der Waals surface area contributed by atoms with Crippen LogP contribution in [0.4, 0.5) is 0 Å². The molecule has 1 heterocycles. The van der Waals surface area contributed by atoms with Gasteiger partial charge in [-0.05, 0) is 50.4 Å². The van der Waals surface area contributed by atoms with Crippen molar-refractivity contribution in [2.75, 3.05) is 0 Å². The molecule has 0 spiro atoms. The van der Waals surface area contributed by atoms with Crippen LogP contribution in [0.3, 0.4) is 0 Å². The normalized spacial score (nSPS) is 33.9. The Kier molecular flexibility index (Phi) is 2.71. The predicted molar refractivity (Wildman–Crippen MR) is 66.8 cm³/mol. The van der Waals surface area contributed by atoms with Gasteiger partial charge in [0.05, 0.1) is 16.9 Å². The van der Waals surface area contributed by atoms with E-state index < -0.39 is 5.60 Å². The summed E-state index contributed by atoms with van der Waals surface area (Å²) in [4.78, 5) is 0. The second-order valence-electron chi connectivity index (χ2n) is 5.69. The van der Waals surface area contributed by atoms with E-state index in [1.54, 1.807) is 10.9 Å². The van der Waals surface area contributed by atoms with E-state index in [-0.39, 0.29) is 0 Å². The average Bonchev–Trinajstić information content (AvgIpc) is 3.05. The number of halogens is 1. The first-order valence-electron chi connectivity index (χ1n) is 6.50. The predicted octanol–water partition coefficient (Wildman–Crippen LogP) is 2.86. The lowest BCUT2D eigenvalue weighted by atomic mass is 9.74. The van der Waals surface area contributed by atoms with Crippen LogP contribution in [0.2, 0.25) is 5.02 Å². The van der Waals surface area contributed by atoms with Gasteiger partial charge in [-0.25, -0.2) is 0 Å². The first-order chi connectivity index (χ1) is 8.10. The maximum Gasteiger partial charge on any atom is 0.108 e. The molecule has 0 aliphatic heterocycles. The molecule has 2 saturated carbocycles. The third kappa shape index (κ3) is 2.00. The first-order valence-corrected chi connectivity index (χ1v) is 6.88. The fourth-order valence-electron chi connectivity index (χ4n) is 3.41. The van der Waals surface area contributed by atoms with E-state index in [9.17, 15) is 5.11 Å². The zero-order valence-corrected chi connectivity index (χ0v) is 11.0. The van der Waals surface area contributed by atoms with Crippen LogP contribution in [0.15, 0.2) is 6.20 Å². The van der Waals surface area contributed by atoms with Crippen molar-refractivity contribution < 1.29 is 5.11 Å². The minimum Gasteiger partial charge on any atom is -0.384 e. The van der Waals surface area contributed by atoms with Gasteiger partial charge < -0.3 is 5.11 Å². The molecule has 0 amide bonds. The first kappa shape index (κ1) is 11.5. The number of aliphatic hydroxyl groups is 1. The lowest BCUT2D eigenvalue weighted by molar-refractivity contribution is -0.0315. The van der Waals surface area contributed by atoms with Gasteiger partial charge in [0, 0.05) is 7.05 Å². The highest BCUT2D eigenvalue weighted by Gasteiger charge is 2.44. The molecule has 4 heteroatoms. The number of rotatable bonds is 2. The molecular weight excluding hydrogens is 236 g/mol. The van der Waals surface area contributed by atoms with Gasteiger partial charge in [-0.2, -0.15) is 5.10 Å². The van der Waals surface area contributed by atoms with E-state index in [1.807, 2.05) is 7.05 Å². The Morgan fingerprint density at radius 1 is 1.41 bits per heavy atom. The van der Waals surface area contributed by atoms with Crippen molar-refractivity contribution in [2.24, 2.45) is 18.9 Å². The summed E-state index contributed by atoms with van der Waals surface area (Å²) < 4.78 is 1.73. The van der Waals surface area contributed by atoms with E-state index >= 15 is 0 Å². The molecule has 2 aliphatic carbocycles. The molecule has 2 fully saturated rings. The molecule has 2 unspecified atom stereocenters. The number of aromatic nitrogens is 2. The maximum absolute atomic E-state index is 10.9. The van der Waals surface area contributed by atoms with Crippen LogP contribution in [-0.2, 0) is 12.6 Å². The summed E-state index contributed by atoms with van der Waals surface area (Å²) in [7, 11) is 1.86. The van der Waals surface area contributed by atoms with Gasteiger partial charge in [-0.15, -0.1) is 0 Å². The van der Waals surface area contributed by atoms with Crippen molar-refractivity contribution in [2.45, 2.75) is 44.1 Å². The lowest BCUT2D eigenvalue weighted by Gasteiger charge is -2.37. The van der Waals surface area contributed by atoms with E-state index in [0.717, 1.165) is 30.9 Å². The Morgan fingerprint density at radius 3 is 2.76 bits per heavy atom. The molecule has 17 heavy (non-hydrogen) atoms. The highest BCUT2D eigenvalue weighted by Crippen LogP contribution is 2.50. The zero-order chi connectivity index (χ0) is 12.0. The van der Waals surface area contributed by atoms with Crippen LogP contribution in [0.1, 0.15) is 44.2 Å². The van der Waals surface area contributed by atoms with Crippen LogP contribution in [0.5, 0.6) is 0 Å². The zero-order valence-electron chi connectivity index (χ0n) is 10.2. The van der Waals surface area contributed by atoms with Crippen LogP contribution in [0, 0.1) is 11.8 Å². The summed E-state index contributed by atoms with van der Waals surface area (Å²) in [5, 5.41) is 15.6. The quantitative estimate of drug-likeness (QED) is 0.881. The Hall–Kier alpha value is -0.540. The molecule has 94 valence electrons. The minimum absolute atomic E-state index is 0.603. The number of aryl methyl sites for hydroxylation is 1. The Morgan fingerprint density at radius 2 is 2.18 bits per heavy atom. The second-order valence-corrected chi connectivity index (χ2v) is 6.10. The molecule has 2 aliphatic rings. The van der Waals surface area contributed by atoms with Crippen molar-refractivity contribution in [3.8, 4) is 0 Å². The van der Waals surface area contributed by atoms with E-state index in [2.05, 4.69) is 5.10 Å². The van der Waals surface area contributed by atoms with Crippen LogP contribution in [-0.4, -0.2) is 14.9 Å². The highest BCUT2D eigenvalue weighted by molar-refractivity contribution is 6.31. The summed E-state index contributed by atoms with van der Waals surface area (Å²) >= 11 is 6.17. The van der Waals surface area contributed by atoms with Gasteiger partial charge in [0.2, 0.25) is 0 Å². The molecular formula is C13H19ClN2O. The summed E-state index contributed by atoms with van der Waals surface area (Å²) in [6.07, 6.45) is 8.36. The van der Waals surface area contributed by atoms with E-state index in [4.69, 9.17) is 11.6 Å². The van der Waals surface area contributed by atoms with Crippen molar-refractivity contribution in [3.05, 3.63) is 16.9 Å². The van der Waals surface area contributed by atoms with Crippen LogP contribution < -0.4 is 0 Å². The van der Waals surface area contributed by atoms with Gasteiger partial charge in [-0.1, -0.05) is 11.6 Å². The summed E-state index contributed by atoms with van der Waals surface area (Å²) in [5.74, 6) is 1.54. The standard InChI is InChI=1S/C13H19ClN2O/c1-16-12(11(14)8-15-16)13(17)6-2-3-10(7-13)9-4-5-9/h8-10,17H,2-7H2,1H3. The fraction of sp³-hybridized carbons (Fsp3) is 0.769. The molecule has 0 radical (unpaired) electrons. The molecule has 3 nitrogen and oxygen atoms in total. The molecule has 0 bridgehead atoms. The molecule has 3 rings (SSSR count). The maximum atomic E-state index is 10.9. The summed E-state index contributed by atoms with van der Waals surface area (Å²) in [5.41, 5.74) is 0.0536. The van der Waals surface area contributed by atoms with Crippen molar-refractivity contribution in [1.29, 1.82) is 0 Å². The monoisotopic (exact) mass is 254 g/mol. The molecule has 0 saturated heterocycles. The topological polar surface area (TPSA) is 38.0 Å². The average molecular weight is 255 g/mol. The highest BCUT2D eigenvalue weighted by atomic mass is 35.5. The molecule has 1 aromatic heterocycles. The van der Waals surface area contributed by atoms with Crippen LogP contribution in [0.25, 0.3) is 0 Å². The van der Waals surface area contributed by atoms with Gasteiger partial charge in [0.15, 0.2) is 0 Å². The third-order valence-corrected chi connectivity index (χ3v) is 4.67. The SMILES string of the molecule is Cn1ncc(Cl)c1C1(O)CCCC(C2CC2)C1. The Bertz CT molecular complexity index is 408. The van der Waals surface area contributed by atoms with E-state index in [0.29, 0.717) is 10.9 Å². The lowest BCUT2D eigenvalue weighted by Crippen LogP contribution is -2.35. The minimum atomic E-state index is -0.756. The smallest absolute Gasteiger partial charge is 0.108 e. The van der Waals surface area contributed by atoms with E-state index in [1.165, 1.54) is 19.3 Å². The van der Waals surface area contributed by atoms with Gasteiger partial charge >= 0.3 is 0 Å². The van der Waals surface area contributed by atoms with Crippen molar-refractivity contribution in [3.63, 3.8) is 0 Å². The summed E-state index contributed by atoms with van der Waals surface area (Å²) in [6.45, 7) is 0. The molecule has 2 atom stereocenters. The molecule has 1 N–H and O–H groups in total. The molecule has 0 aromatic carbocycles. The Balaban J connectivity index is 1.89. The third-order valence-electron chi connectivity index (χ3n) is 4.39. The second kappa shape index (κ2) is 3.99. The van der Waals surface area contributed by atoms with Gasteiger partial charge in [0.25, 0.3) is 0 Å². The fourth-order valence-corrected chi connectivity index (χ4v) is 3.76.